The van der Waals surface area contributed by atoms with E-state index in [-0.39, 0.29) is 6.61 Å². The highest BCUT2D eigenvalue weighted by Crippen LogP contribution is 1.56. The van der Waals surface area contributed by atoms with E-state index in [4.69, 9.17) is 9.32 Å². The molecular weight excluding hydrogens is 116 g/mol. The SMILES string of the molecule is COCCO.O=[SH2]. The van der Waals surface area contributed by atoms with E-state index in [9.17, 15) is 0 Å². The van der Waals surface area contributed by atoms with Crippen molar-refractivity contribution in [1.29, 1.82) is 0 Å². The van der Waals surface area contributed by atoms with Gasteiger partial charge < -0.3 is 9.84 Å². The van der Waals surface area contributed by atoms with Gasteiger partial charge in [-0.05, 0) is 12.5 Å². The van der Waals surface area contributed by atoms with Crippen LogP contribution in [0.25, 0.3) is 0 Å². The molecule has 46 valence electrons. The van der Waals surface area contributed by atoms with Gasteiger partial charge in [-0.3, -0.25) is 4.21 Å². The van der Waals surface area contributed by atoms with Crippen LogP contribution in [0.1, 0.15) is 0 Å². The fourth-order valence-electron chi connectivity index (χ4n) is 0.0913. The van der Waals surface area contributed by atoms with Gasteiger partial charge in [0.2, 0.25) is 0 Å². The summed E-state index contributed by atoms with van der Waals surface area (Å²) < 4.78 is 12.5. The summed E-state index contributed by atoms with van der Waals surface area (Å²) in [6, 6.07) is 0. The Hall–Kier alpha value is 0.0700. The quantitative estimate of drug-likeness (QED) is 0.503. The van der Waals surface area contributed by atoms with Gasteiger partial charge in [-0.25, -0.2) is 0 Å². The van der Waals surface area contributed by atoms with Crippen LogP contribution in [0.3, 0.4) is 0 Å². The zero-order valence-electron chi connectivity index (χ0n) is 4.18. The highest BCUT2D eigenvalue weighted by molar-refractivity contribution is 7.44. The van der Waals surface area contributed by atoms with Gasteiger partial charge >= 0.3 is 0 Å². The van der Waals surface area contributed by atoms with E-state index in [0.29, 0.717) is 6.61 Å². The minimum absolute atomic E-state index is 0.122. The number of methoxy groups -OCH3 is 1. The van der Waals surface area contributed by atoms with Gasteiger partial charge in [0.05, 0.1) is 13.2 Å². The van der Waals surface area contributed by atoms with Crippen molar-refractivity contribution in [2.75, 3.05) is 20.3 Å². The third-order valence-electron chi connectivity index (χ3n) is 0.295. The first-order valence-electron chi connectivity index (χ1n) is 1.72. The Kier molecular flexibility index (Phi) is 24.0. The predicted octanol–water partition coefficient (Wildman–Crippen LogP) is -1.25. The highest BCUT2D eigenvalue weighted by atomic mass is 32.1. The molecule has 0 aromatic heterocycles. The molecule has 0 spiro atoms. The lowest BCUT2D eigenvalue weighted by Gasteiger charge is -1.84. The first-order chi connectivity index (χ1) is 3.41. The van der Waals surface area contributed by atoms with Crippen LogP contribution in [0.5, 0.6) is 0 Å². The Morgan fingerprint density at radius 2 is 2.14 bits per heavy atom. The molecule has 7 heavy (non-hydrogen) atoms. The zero-order chi connectivity index (χ0) is 6.12. The maximum absolute atomic E-state index is 8.06. The van der Waals surface area contributed by atoms with E-state index in [1.165, 1.54) is 0 Å². The van der Waals surface area contributed by atoms with Gasteiger partial charge in [-0.1, -0.05) is 0 Å². The van der Waals surface area contributed by atoms with Crippen molar-refractivity contribution in [1.82, 2.24) is 0 Å². The molecule has 0 fully saturated rings. The molecule has 3 nitrogen and oxygen atoms in total. The molecule has 0 atom stereocenters. The topological polar surface area (TPSA) is 46.5 Å². The fraction of sp³-hybridized carbons (Fsp3) is 1.00. The molecule has 0 rings (SSSR count). The van der Waals surface area contributed by atoms with Crippen molar-refractivity contribution < 1.29 is 14.1 Å². The van der Waals surface area contributed by atoms with E-state index < -0.39 is 0 Å². The molecule has 1 N–H and O–H groups in total. The smallest absolute Gasteiger partial charge is 0.0693 e. The van der Waals surface area contributed by atoms with E-state index in [2.05, 4.69) is 4.74 Å². The average Bonchev–Trinajstić information content (AvgIpc) is 1.75. The van der Waals surface area contributed by atoms with Crippen molar-refractivity contribution in [2.45, 2.75) is 0 Å². The lowest BCUT2D eigenvalue weighted by atomic mass is 10.8. The third-order valence-corrected chi connectivity index (χ3v) is 0.295. The first-order valence-corrected chi connectivity index (χ1v) is 2.13. The van der Waals surface area contributed by atoms with E-state index in [0.717, 1.165) is 0 Å². The van der Waals surface area contributed by atoms with Crippen LogP contribution >= 0.6 is 0 Å². The van der Waals surface area contributed by atoms with Gasteiger partial charge in [0.15, 0.2) is 0 Å². The van der Waals surface area contributed by atoms with E-state index in [1.807, 2.05) is 0 Å². The second-order valence-electron chi connectivity index (χ2n) is 0.716. The summed E-state index contributed by atoms with van der Waals surface area (Å²) in [6.07, 6.45) is 0. The second kappa shape index (κ2) is 16.6. The highest BCUT2D eigenvalue weighted by Gasteiger charge is 1.67. The Bertz CT molecular complexity index is 24.1. The fourth-order valence-corrected chi connectivity index (χ4v) is 0.0913. The normalized spacial score (nSPS) is 6.71. The van der Waals surface area contributed by atoms with Crippen molar-refractivity contribution in [3.63, 3.8) is 0 Å². The summed E-state index contributed by atoms with van der Waals surface area (Å²) in [6.45, 7) is 0.566. The number of aliphatic hydroxyl groups is 1. The van der Waals surface area contributed by atoms with Crippen LogP contribution < -0.4 is 0 Å². The van der Waals surface area contributed by atoms with Crippen LogP contribution in [0.15, 0.2) is 0 Å². The summed E-state index contributed by atoms with van der Waals surface area (Å²) in [5.74, 6) is 0. The molecule has 0 aliphatic rings. The Morgan fingerprint density at radius 1 is 1.71 bits per heavy atom. The average molecular weight is 126 g/mol. The molecular formula is C3H10O3S. The monoisotopic (exact) mass is 126 g/mol. The van der Waals surface area contributed by atoms with Crippen molar-refractivity contribution >= 4 is 12.5 Å². The molecule has 0 saturated carbocycles. The first kappa shape index (κ1) is 10.1. The summed E-state index contributed by atoms with van der Waals surface area (Å²) in [7, 11) is 1.55. The van der Waals surface area contributed by atoms with Gasteiger partial charge in [-0.15, -0.1) is 0 Å². The minimum Gasteiger partial charge on any atom is -0.394 e. The molecule has 0 amide bonds. The summed E-state index contributed by atoms with van der Waals surface area (Å²) in [5, 5.41) is 7.94. The van der Waals surface area contributed by atoms with Gasteiger partial charge in [0, 0.05) is 7.11 Å². The molecule has 0 unspecified atom stereocenters. The van der Waals surface area contributed by atoms with Gasteiger partial charge in [0.1, 0.15) is 0 Å². The second-order valence-corrected chi connectivity index (χ2v) is 0.716. The Balaban J connectivity index is 0. The molecule has 0 saturated heterocycles. The van der Waals surface area contributed by atoms with Crippen LogP contribution in [0.4, 0.5) is 0 Å². The minimum atomic E-state index is 0.122. The molecule has 0 aliphatic carbocycles. The molecule has 4 heteroatoms. The lowest BCUT2D eigenvalue weighted by molar-refractivity contribution is 0.135. The van der Waals surface area contributed by atoms with Gasteiger partial charge in [-0.2, -0.15) is 0 Å². The standard InChI is InChI=1S/C3H8O2.H2OS/c1-5-3-2-4;1-2/h4H,2-3H2,1H3;2H2. The number of aliphatic hydroxyl groups excluding tert-OH is 1. The van der Waals surface area contributed by atoms with Crippen molar-refractivity contribution in [3.05, 3.63) is 0 Å². The number of hydrogen-bond acceptors (Lipinski definition) is 3. The maximum Gasteiger partial charge on any atom is 0.0693 e. The van der Waals surface area contributed by atoms with Crippen molar-refractivity contribution in [2.24, 2.45) is 0 Å². The van der Waals surface area contributed by atoms with Crippen LogP contribution in [0, 0.1) is 0 Å². The maximum atomic E-state index is 8.06. The Morgan fingerprint density at radius 3 is 2.14 bits per heavy atom. The Labute approximate surface area is 47.8 Å². The lowest BCUT2D eigenvalue weighted by Crippen LogP contribution is -1.91. The molecule has 0 aliphatic heterocycles. The summed E-state index contributed by atoms with van der Waals surface area (Å²) in [4.78, 5) is 0. The number of rotatable bonds is 2. The van der Waals surface area contributed by atoms with E-state index in [1.54, 1.807) is 19.6 Å². The van der Waals surface area contributed by atoms with Crippen LogP contribution in [-0.4, -0.2) is 29.6 Å². The third kappa shape index (κ3) is 23.5. The van der Waals surface area contributed by atoms with E-state index >= 15 is 0 Å². The van der Waals surface area contributed by atoms with Crippen LogP contribution in [0.2, 0.25) is 0 Å². The van der Waals surface area contributed by atoms with Gasteiger partial charge in [0.25, 0.3) is 0 Å². The van der Waals surface area contributed by atoms with Crippen LogP contribution in [-0.2, 0) is 17.3 Å². The molecule has 0 bridgehead atoms. The molecule has 0 aromatic carbocycles. The molecule has 0 heterocycles. The van der Waals surface area contributed by atoms with Crippen molar-refractivity contribution in [3.8, 4) is 0 Å². The molecule has 0 radical (unpaired) electrons. The zero-order valence-corrected chi connectivity index (χ0v) is 5.18. The summed E-state index contributed by atoms with van der Waals surface area (Å²) in [5.41, 5.74) is 0. The predicted molar refractivity (Wildman–Crippen MR) is 29.9 cm³/mol. The number of ether oxygens (including phenoxy) is 1. The molecule has 0 aromatic rings. The summed E-state index contributed by atoms with van der Waals surface area (Å²) >= 11 is 1.72. The largest absolute Gasteiger partial charge is 0.394 e. The number of hydrogen-bond donors (Lipinski definition) is 1.